The number of aliphatic carboxylic acids is 1. The molecule has 1 aromatic carbocycles. The van der Waals surface area contributed by atoms with Crippen LogP contribution in [0.25, 0.3) is 0 Å². The number of carbonyl (C=O) groups is 1. The van der Waals surface area contributed by atoms with Crippen LogP contribution in [0.15, 0.2) is 29.3 Å². The van der Waals surface area contributed by atoms with Crippen LogP contribution >= 0.6 is 0 Å². The molecule has 1 aliphatic heterocycles. The monoisotopic (exact) mass is 287 g/mol. The standard InChI is InChI=1S/C13H12F3NO3/c14-13(15,16)10-4-2-1-3-8(10)5-9-7-20-11(17-9)6-12(18)19/h1-4,9H,5-7H2,(H,18,19). The highest BCUT2D eigenvalue weighted by molar-refractivity contribution is 5.94. The molecular weight excluding hydrogens is 275 g/mol. The molecular formula is C13H12F3NO3. The van der Waals surface area contributed by atoms with E-state index in [9.17, 15) is 18.0 Å². The summed E-state index contributed by atoms with van der Waals surface area (Å²) in [5, 5.41) is 8.59. The second-order valence-electron chi connectivity index (χ2n) is 4.42. The SMILES string of the molecule is O=C(O)CC1=NC(Cc2ccccc2C(F)(F)F)CO1. The minimum Gasteiger partial charge on any atom is -0.481 e. The Morgan fingerprint density at radius 1 is 1.40 bits per heavy atom. The first-order valence-corrected chi connectivity index (χ1v) is 5.92. The van der Waals surface area contributed by atoms with Gasteiger partial charge in [-0.2, -0.15) is 13.2 Å². The lowest BCUT2D eigenvalue weighted by molar-refractivity contribution is -0.138. The van der Waals surface area contributed by atoms with E-state index < -0.39 is 23.8 Å². The first kappa shape index (κ1) is 14.4. The van der Waals surface area contributed by atoms with E-state index in [0.717, 1.165) is 6.07 Å². The fourth-order valence-corrected chi connectivity index (χ4v) is 2.03. The summed E-state index contributed by atoms with van der Waals surface area (Å²) in [6, 6.07) is 4.80. The maximum absolute atomic E-state index is 12.8. The number of ether oxygens (including phenoxy) is 1. The van der Waals surface area contributed by atoms with Gasteiger partial charge in [-0.25, -0.2) is 4.99 Å². The molecule has 1 N–H and O–H groups in total. The number of hydrogen-bond acceptors (Lipinski definition) is 3. The summed E-state index contributed by atoms with van der Waals surface area (Å²) in [4.78, 5) is 14.5. The molecule has 4 nitrogen and oxygen atoms in total. The summed E-state index contributed by atoms with van der Waals surface area (Å²) in [7, 11) is 0. The molecule has 20 heavy (non-hydrogen) atoms. The third kappa shape index (κ3) is 3.49. The van der Waals surface area contributed by atoms with Crippen molar-refractivity contribution in [2.45, 2.75) is 25.1 Å². The zero-order chi connectivity index (χ0) is 14.8. The lowest BCUT2D eigenvalue weighted by Crippen LogP contribution is -2.15. The van der Waals surface area contributed by atoms with Gasteiger partial charge in [-0.1, -0.05) is 18.2 Å². The van der Waals surface area contributed by atoms with E-state index in [1.807, 2.05) is 0 Å². The predicted molar refractivity (Wildman–Crippen MR) is 64.6 cm³/mol. The highest BCUT2D eigenvalue weighted by Gasteiger charge is 2.34. The van der Waals surface area contributed by atoms with E-state index in [1.54, 1.807) is 0 Å². The molecule has 7 heteroatoms. The lowest BCUT2D eigenvalue weighted by atomic mass is 10.0. The zero-order valence-corrected chi connectivity index (χ0v) is 10.4. The molecule has 1 unspecified atom stereocenters. The number of alkyl halides is 3. The smallest absolute Gasteiger partial charge is 0.416 e. The van der Waals surface area contributed by atoms with E-state index in [1.165, 1.54) is 18.2 Å². The number of carboxylic acids is 1. The topological polar surface area (TPSA) is 58.9 Å². The Morgan fingerprint density at radius 3 is 2.75 bits per heavy atom. The van der Waals surface area contributed by atoms with Gasteiger partial charge in [0.25, 0.3) is 0 Å². The van der Waals surface area contributed by atoms with Gasteiger partial charge in [0.2, 0.25) is 0 Å². The summed E-state index contributed by atoms with van der Waals surface area (Å²) in [6.45, 7) is 0.106. The second kappa shape index (κ2) is 5.52. The average molecular weight is 287 g/mol. The molecule has 108 valence electrons. The van der Waals surface area contributed by atoms with Gasteiger partial charge in [0.15, 0.2) is 5.90 Å². The van der Waals surface area contributed by atoms with Crippen molar-refractivity contribution in [1.82, 2.24) is 0 Å². The highest BCUT2D eigenvalue weighted by atomic mass is 19.4. The number of carboxylic acid groups (broad SMARTS) is 1. The molecule has 0 saturated carbocycles. The van der Waals surface area contributed by atoms with Gasteiger partial charge < -0.3 is 9.84 Å². The summed E-state index contributed by atoms with van der Waals surface area (Å²) >= 11 is 0. The van der Waals surface area contributed by atoms with E-state index in [2.05, 4.69) is 4.99 Å². The molecule has 0 radical (unpaired) electrons. The summed E-state index contributed by atoms with van der Waals surface area (Å²) < 4.78 is 43.5. The number of rotatable bonds is 4. The molecule has 0 saturated heterocycles. The number of aliphatic imine (C=N–C) groups is 1. The summed E-state index contributed by atoms with van der Waals surface area (Å²) in [5.74, 6) is -1.02. The van der Waals surface area contributed by atoms with Crippen LogP contribution in [-0.4, -0.2) is 29.6 Å². The largest absolute Gasteiger partial charge is 0.481 e. The fourth-order valence-electron chi connectivity index (χ4n) is 2.03. The first-order valence-electron chi connectivity index (χ1n) is 5.92. The van der Waals surface area contributed by atoms with Crippen LogP contribution in [0.2, 0.25) is 0 Å². The maximum atomic E-state index is 12.8. The molecule has 1 aromatic rings. The van der Waals surface area contributed by atoms with Crippen LogP contribution in [0.1, 0.15) is 17.5 Å². The summed E-state index contributed by atoms with van der Waals surface area (Å²) in [6.07, 6.45) is -4.69. The van der Waals surface area contributed by atoms with Gasteiger partial charge in [-0.3, -0.25) is 4.79 Å². The van der Waals surface area contributed by atoms with Gasteiger partial charge in [0, 0.05) is 0 Å². The Balaban J connectivity index is 2.12. The van der Waals surface area contributed by atoms with Crippen molar-refractivity contribution < 1.29 is 27.8 Å². The molecule has 1 atom stereocenters. The van der Waals surface area contributed by atoms with Gasteiger partial charge in [0.1, 0.15) is 13.0 Å². The molecule has 0 aliphatic carbocycles. The number of benzene rings is 1. The van der Waals surface area contributed by atoms with E-state index in [4.69, 9.17) is 9.84 Å². The van der Waals surface area contributed by atoms with E-state index in [-0.39, 0.29) is 30.9 Å². The molecule has 0 aromatic heterocycles. The van der Waals surface area contributed by atoms with E-state index >= 15 is 0 Å². The lowest BCUT2D eigenvalue weighted by Gasteiger charge is -2.13. The second-order valence-corrected chi connectivity index (χ2v) is 4.42. The molecule has 0 spiro atoms. The zero-order valence-electron chi connectivity index (χ0n) is 10.4. The third-order valence-electron chi connectivity index (χ3n) is 2.85. The van der Waals surface area contributed by atoms with Crippen LogP contribution < -0.4 is 0 Å². The Labute approximate surface area is 112 Å². The van der Waals surface area contributed by atoms with Crippen LogP contribution in [0.5, 0.6) is 0 Å². The highest BCUT2D eigenvalue weighted by Crippen LogP contribution is 2.32. The number of halogens is 3. The molecule has 2 rings (SSSR count). The van der Waals surface area contributed by atoms with E-state index in [0.29, 0.717) is 0 Å². The van der Waals surface area contributed by atoms with Crippen molar-refractivity contribution in [3.05, 3.63) is 35.4 Å². The van der Waals surface area contributed by atoms with Gasteiger partial charge in [0.05, 0.1) is 11.6 Å². The van der Waals surface area contributed by atoms with Crippen molar-refractivity contribution in [1.29, 1.82) is 0 Å². The predicted octanol–water partition coefficient (Wildman–Crippen LogP) is 2.52. The van der Waals surface area contributed by atoms with Crippen LogP contribution in [0.4, 0.5) is 13.2 Å². The molecule has 1 heterocycles. The maximum Gasteiger partial charge on any atom is 0.416 e. The Morgan fingerprint density at radius 2 is 2.10 bits per heavy atom. The first-order chi connectivity index (χ1) is 9.36. The van der Waals surface area contributed by atoms with Crippen molar-refractivity contribution >= 4 is 11.9 Å². The van der Waals surface area contributed by atoms with Gasteiger partial charge >= 0.3 is 12.1 Å². The minimum atomic E-state index is -4.41. The van der Waals surface area contributed by atoms with Crippen LogP contribution in [0, 0.1) is 0 Å². The van der Waals surface area contributed by atoms with Crippen LogP contribution in [-0.2, 0) is 22.1 Å². The Hall–Kier alpha value is -2.05. The van der Waals surface area contributed by atoms with Crippen molar-refractivity contribution in [2.24, 2.45) is 4.99 Å². The Bertz CT molecular complexity index is 540. The number of hydrogen-bond donors (Lipinski definition) is 1. The van der Waals surface area contributed by atoms with Crippen molar-refractivity contribution in [2.75, 3.05) is 6.61 Å². The van der Waals surface area contributed by atoms with Gasteiger partial charge in [-0.05, 0) is 18.1 Å². The molecule has 1 aliphatic rings. The normalized spacial score (nSPS) is 18.6. The molecule has 0 amide bonds. The van der Waals surface area contributed by atoms with Crippen molar-refractivity contribution in [3.63, 3.8) is 0 Å². The number of nitrogens with zero attached hydrogens (tertiary/aromatic N) is 1. The average Bonchev–Trinajstić information content (AvgIpc) is 2.75. The quantitative estimate of drug-likeness (QED) is 0.925. The third-order valence-corrected chi connectivity index (χ3v) is 2.85. The van der Waals surface area contributed by atoms with Crippen molar-refractivity contribution in [3.8, 4) is 0 Å². The van der Waals surface area contributed by atoms with Crippen LogP contribution in [0.3, 0.4) is 0 Å². The molecule has 0 fully saturated rings. The minimum absolute atomic E-state index is 0.0620. The molecule has 0 bridgehead atoms. The van der Waals surface area contributed by atoms with Gasteiger partial charge in [-0.15, -0.1) is 0 Å². The summed E-state index contributed by atoms with van der Waals surface area (Å²) in [5.41, 5.74) is -0.559. The fraction of sp³-hybridized carbons (Fsp3) is 0.385. The Kier molecular flexibility index (Phi) is 3.96.